The lowest BCUT2D eigenvalue weighted by Crippen LogP contribution is -2.19. The Labute approximate surface area is 203 Å². The fraction of sp³-hybridized carbons (Fsp3) is 0.130. The van der Waals surface area contributed by atoms with Crippen LogP contribution in [0.4, 0.5) is 5.00 Å². The number of carbonyl (C=O) groups excluding carboxylic acids is 2. The second-order valence-electron chi connectivity index (χ2n) is 6.88. The number of nitrogens with one attached hydrogen (secondary N) is 2. The van der Waals surface area contributed by atoms with Crippen molar-refractivity contribution < 1.29 is 14.1 Å². The fourth-order valence-electron chi connectivity index (χ4n) is 3.08. The minimum absolute atomic E-state index is 0.105. The van der Waals surface area contributed by atoms with Crippen LogP contribution in [0.25, 0.3) is 22.5 Å². The van der Waals surface area contributed by atoms with Crippen molar-refractivity contribution in [2.24, 2.45) is 0 Å². The van der Waals surface area contributed by atoms with Crippen LogP contribution in [-0.2, 0) is 4.79 Å². The van der Waals surface area contributed by atoms with Gasteiger partial charge in [0.25, 0.3) is 5.91 Å². The molecule has 0 saturated heterocycles. The van der Waals surface area contributed by atoms with Crippen molar-refractivity contribution in [1.29, 1.82) is 0 Å². The Kier molecular flexibility index (Phi) is 7.12. The number of aryl methyl sites for hydroxylation is 1. The Morgan fingerprint density at radius 3 is 2.55 bits per heavy atom. The number of thioether (sulfide) groups is 1. The number of amides is 2. The first kappa shape index (κ1) is 23.0. The van der Waals surface area contributed by atoms with E-state index in [9.17, 15) is 9.59 Å². The summed E-state index contributed by atoms with van der Waals surface area (Å²) in [4.78, 5) is 29.7. The summed E-state index contributed by atoms with van der Waals surface area (Å²) >= 11 is 8.94. The minimum Gasteiger partial charge on any atom is -0.360 e. The number of nitrogens with zero attached hydrogens (tertiary/aromatic N) is 2. The summed E-state index contributed by atoms with van der Waals surface area (Å²) in [5.41, 5.74) is 2.76. The predicted octanol–water partition coefficient (Wildman–Crippen LogP) is 5.52. The Morgan fingerprint density at radius 1 is 1.09 bits per heavy atom. The molecule has 0 aliphatic heterocycles. The molecule has 2 aromatic carbocycles. The smallest absolute Gasteiger partial charge is 0.262 e. The van der Waals surface area contributed by atoms with Crippen LogP contribution < -0.4 is 10.6 Å². The maximum atomic E-state index is 13.4. The summed E-state index contributed by atoms with van der Waals surface area (Å²) in [5, 5.41) is 10.7. The lowest BCUT2D eigenvalue weighted by atomic mass is 10.1. The van der Waals surface area contributed by atoms with Crippen molar-refractivity contribution in [2.75, 3.05) is 18.1 Å². The first-order valence-corrected chi connectivity index (χ1v) is 12.1. The van der Waals surface area contributed by atoms with Gasteiger partial charge in [-0.2, -0.15) is 0 Å². The number of anilines is 1. The van der Waals surface area contributed by atoms with Gasteiger partial charge in [-0.1, -0.05) is 88.4 Å². The van der Waals surface area contributed by atoms with E-state index in [1.54, 1.807) is 32.2 Å². The molecule has 0 fully saturated rings. The summed E-state index contributed by atoms with van der Waals surface area (Å²) in [6.07, 6.45) is 0. The molecule has 2 heterocycles. The zero-order valence-corrected chi connectivity index (χ0v) is 20.1. The van der Waals surface area contributed by atoms with E-state index < -0.39 is 0 Å². The lowest BCUT2D eigenvalue weighted by molar-refractivity contribution is -0.118. The van der Waals surface area contributed by atoms with E-state index in [2.05, 4.69) is 20.8 Å². The molecule has 0 unspecified atom stereocenters. The molecule has 0 radical (unpaired) electrons. The fourth-order valence-corrected chi connectivity index (χ4v) is 5.24. The van der Waals surface area contributed by atoms with E-state index >= 15 is 0 Å². The molecule has 33 heavy (non-hydrogen) atoms. The molecule has 4 aromatic rings. The van der Waals surface area contributed by atoms with Gasteiger partial charge in [0.2, 0.25) is 5.91 Å². The zero-order chi connectivity index (χ0) is 23.4. The molecular formula is C23H19ClN4O3S2. The SMILES string of the molecule is CNC(=O)CSc1nc(-c2ccccc2)c(NC(=O)c2c(-c3ccccc3Cl)noc2C)s1. The van der Waals surface area contributed by atoms with Crippen LogP contribution in [0, 0.1) is 6.92 Å². The molecule has 0 saturated carbocycles. The normalized spacial score (nSPS) is 10.8. The number of halogens is 1. The molecule has 10 heteroatoms. The average molecular weight is 499 g/mol. The molecule has 0 aliphatic carbocycles. The molecule has 0 atom stereocenters. The molecule has 0 bridgehead atoms. The van der Waals surface area contributed by atoms with E-state index in [-0.39, 0.29) is 17.6 Å². The van der Waals surface area contributed by atoms with Crippen LogP contribution in [-0.4, -0.2) is 34.8 Å². The van der Waals surface area contributed by atoms with Crippen molar-refractivity contribution >= 4 is 51.5 Å². The van der Waals surface area contributed by atoms with E-state index in [0.29, 0.717) is 42.6 Å². The van der Waals surface area contributed by atoms with Gasteiger partial charge < -0.3 is 15.2 Å². The second-order valence-corrected chi connectivity index (χ2v) is 9.51. The summed E-state index contributed by atoms with van der Waals surface area (Å²) < 4.78 is 6.00. The first-order valence-electron chi connectivity index (χ1n) is 9.90. The van der Waals surface area contributed by atoms with Crippen LogP contribution in [0.2, 0.25) is 5.02 Å². The standard InChI is InChI=1S/C23H19ClN4O3S2/c1-13-18(20(28-31-13)15-10-6-7-11-16(15)24)21(30)27-22-19(14-8-4-3-5-9-14)26-23(33-22)32-12-17(29)25-2/h3-11H,12H2,1-2H3,(H,25,29)(H,27,30). The highest BCUT2D eigenvalue weighted by Crippen LogP contribution is 2.38. The molecule has 0 spiro atoms. The molecular weight excluding hydrogens is 480 g/mol. The van der Waals surface area contributed by atoms with Gasteiger partial charge in [-0.25, -0.2) is 4.98 Å². The highest BCUT2D eigenvalue weighted by atomic mass is 35.5. The van der Waals surface area contributed by atoms with Crippen molar-refractivity contribution in [3.8, 4) is 22.5 Å². The van der Waals surface area contributed by atoms with Crippen LogP contribution in [0.5, 0.6) is 0 Å². The zero-order valence-electron chi connectivity index (χ0n) is 17.7. The summed E-state index contributed by atoms with van der Waals surface area (Å²) in [7, 11) is 1.59. The molecule has 0 aliphatic rings. The van der Waals surface area contributed by atoms with E-state index in [1.807, 2.05) is 36.4 Å². The third-order valence-electron chi connectivity index (χ3n) is 4.71. The number of aromatic nitrogens is 2. The number of thiazole rings is 1. The van der Waals surface area contributed by atoms with Gasteiger partial charge in [0.05, 0.1) is 10.8 Å². The highest BCUT2D eigenvalue weighted by Gasteiger charge is 2.25. The number of hydrogen-bond donors (Lipinski definition) is 2. The predicted molar refractivity (Wildman–Crippen MR) is 132 cm³/mol. The van der Waals surface area contributed by atoms with Crippen LogP contribution >= 0.6 is 34.7 Å². The van der Waals surface area contributed by atoms with Crippen molar-refractivity contribution in [3.05, 3.63) is 70.9 Å². The monoisotopic (exact) mass is 498 g/mol. The maximum absolute atomic E-state index is 13.4. The summed E-state index contributed by atoms with van der Waals surface area (Å²) in [6.45, 7) is 1.68. The van der Waals surface area contributed by atoms with Crippen molar-refractivity contribution in [3.63, 3.8) is 0 Å². The van der Waals surface area contributed by atoms with Crippen molar-refractivity contribution in [2.45, 2.75) is 11.3 Å². The molecule has 4 rings (SSSR count). The van der Waals surface area contributed by atoms with Crippen LogP contribution in [0.3, 0.4) is 0 Å². The van der Waals surface area contributed by atoms with Gasteiger partial charge in [-0.05, 0) is 13.0 Å². The van der Waals surface area contributed by atoms with Gasteiger partial charge >= 0.3 is 0 Å². The quantitative estimate of drug-likeness (QED) is 0.326. The first-order chi connectivity index (χ1) is 16.0. The van der Waals surface area contributed by atoms with E-state index in [1.165, 1.54) is 23.1 Å². The van der Waals surface area contributed by atoms with Gasteiger partial charge in [0.1, 0.15) is 27.7 Å². The van der Waals surface area contributed by atoms with Gasteiger partial charge in [-0.3, -0.25) is 9.59 Å². The molecule has 2 amide bonds. The number of carbonyl (C=O) groups is 2. The minimum atomic E-state index is -0.382. The molecule has 7 nitrogen and oxygen atoms in total. The largest absolute Gasteiger partial charge is 0.360 e. The number of rotatable bonds is 7. The Morgan fingerprint density at radius 2 is 1.82 bits per heavy atom. The topological polar surface area (TPSA) is 97.1 Å². The average Bonchev–Trinajstić information content (AvgIpc) is 3.41. The third kappa shape index (κ3) is 5.11. The molecule has 2 N–H and O–H groups in total. The third-order valence-corrected chi connectivity index (χ3v) is 7.15. The molecule has 168 valence electrons. The number of benzene rings is 2. The molecule has 2 aromatic heterocycles. The highest BCUT2D eigenvalue weighted by molar-refractivity contribution is 8.01. The lowest BCUT2D eigenvalue weighted by Gasteiger charge is -2.07. The van der Waals surface area contributed by atoms with E-state index in [0.717, 1.165) is 5.56 Å². The van der Waals surface area contributed by atoms with Crippen molar-refractivity contribution in [1.82, 2.24) is 15.5 Å². The van der Waals surface area contributed by atoms with Gasteiger partial charge in [-0.15, -0.1) is 0 Å². The Bertz CT molecular complexity index is 1300. The van der Waals surface area contributed by atoms with E-state index in [4.69, 9.17) is 16.1 Å². The summed E-state index contributed by atoms with van der Waals surface area (Å²) in [5.74, 6) is 0.119. The van der Waals surface area contributed by atoms with Gasteiger partial charge in [0.15, 0.2) is 4.34 Å². The Hall–Kier alpha value is -3.14. The van der Waals surface area contributed by atoms with Crippen LogP contribution in [0.15, 0.2) is 63.5 Å². The van der Waals surface area contributed by atoms with Crippen LogP contribution in [0.1, 0.15) is 16.1 Å². The Balaban J connectivity index is 1.69. The second kappa shape index (κ2) is 10.2. The van der Waals surface area contributed by atoms with Gasteiger partial charge in [0, 0.05) is 18.2 Å². The number of hydrogen-bond acceptors (Lipinski definition) is 7. The maximum Gasteiger partial charge on any atom is 0.262 e. The summed E-state index contributed by atoms with van der Waals surface area (Å²) in [6, 6.07) is 16.7.